The number of ether oxygens (including phenoxy) is 1. The molecule has 2 aromatic rings. The molecule has 0 amide bonds. The standard InChI is InChI=1S/C13H9BrFNO2/c14-10-7-4-8-11-12(10)17-13(16(11)18-15)9-5-2-1-3-6-9/h1-8,13H. The lowest BCUT2D eigenvalue weighted by Crippen LogP contribution is -2.24. The van der Waals surface area contributed by atoms with Gasteiger partial charge >= 0.3 is 0 Å². The Bertz CT molecular complexity index is 564. The van der Waals surface area contributed by atoms with Gasteiger partial charge in [0.1, 0.15) is 5.69 Å². The first kappa shape index (κ1) is 11.5. The van der Waals surface area contributed by atoms with Crippen LogP contribution in [0.4, 0.5) is 10.2 Å². The molecular weight excluding hydrogens is 301 g/mol. The highest BCUT2D eigenvalue weighted by Crippen LogP contribution is 2.47. The van der Waals surface area contributed by atoms with E-state index in [-0.39, 0.29) is 0 Å². The Labute approximate surface area is 112 Å². The van der Waals surface area contributed by atoms with Crippen molar-refractivity contribution < 1.29 is 14.3 Å². The molecule has 0 N–H and O–H groups in total. The molecule has 1 aliphatic rings. The summed E-state index contributed by atoms with van der Waals surface area (Å²) in [5.41, 5.74) is 1.37. The van der Waals surface area contributed by atoms with E-state index in [4.69, 9.17) is 4.74 Å². The third-order valence-electron chi connectivity index (χ3n) is 2.79. The van der Waals surface area contributed by atoms with Crippen molar-refractivity contribution in [1.82, 2.24) is 0 Å². The third kappa shape index (κ3) is 1.76. The lowest BCUT2D eigenvalue weighted by atomic mass is 10.2. The molecule has 2 aromatic carbocycles. The molecule has 0 spiro atoms. The highest BCUT2D eigenvalue weighted by atomic mass is 79.9. The Morgan fingerprint density at radius 1 is 1.11 bits per heavy atom. The number of para-hydroxylation sites is 1. The minimum atomic E-state index is -0.620. The quantitative estimate of drug-likeness (QED) is 0.831. The lowest BCUT2D eigenvalue weighted by molar-refractivity contribution is -0.167. The number of hydrogen-bond acceptors (Lipinski definition) is 3. The number of halogens is 2. The van der Waals surface area contributed by atoms with Gasteiger partial charge in [-0.1, -0.05) is 41.4 Å². The second-order valence-corrected chi connectivity index (χ2v) is 4.72. The van der Waals surface area contributed by atoms with E-state index in [1.165, 1.54) is 0 Å². The average molecular weight is 310 g/mol. The van der Waals surface area contributed by atoms with Gasteiger partial charge in [-0.2, -0.15) is 5.06 Å². The van der Waals surface area contributed by atoms with Crippen LogP contribution in [0.3, 0.4) is 0 Å². The van der Waals surface area contributed by atoms with Crippen molar-refractivity contribution in [2.75, 3.05) is 5.06 Å². The number of benzene rings is 2. The Morgan fingerprint density at radius 3 is 2.61 bits per heavy atom. The fourth-order valence-electron chi connectivity index (χ4n) is 1.97. The zero-order valence-electron chi connectivity index (χ0n) is 9.22. The number of rotatable bonds is 2. The van der Waals surface area contributed by atoms with E-state index in [0.717, 1.165) is 15.1 Å². The van der Waals surface area contributed by atoms with E-state index in [0.29, 0.717) is 11.4 Å². The minimum absolute atomic E-state index is 0.556. The van der Waals surface area contributed by atoms with Crippen molar-refractivity contribution in [1.29, 1.82) is 0 Å². The van der Waals surface area contributed by atoms with Crippen molar-refractivity contribution in [3.8, 4) is 5.75 Å². The summed E-state index contributed by atoms with van der Waals surface area (Å²) in [5.74, 6) is 0.573. The maximum absolute atomic E-state index is 12.8. The number of hydroxylamine groups is 1. The van der Waals surface area contributed by atoms with Crippen LogP contribution in [-0.2, 0) is 5.04 Å². The molecule has 18 heavy (non-hydrogen) atoms. The SMILES string of the molecule is FON1c2cccc(Br)c2OC1c1ccccc1. The first-order valence-corrected chi connectivity index (χ1v) is 6.18. The second kappa shape index (κ2) is 4.59. The lowest BCUT2D eigenvalue weighted by Gasteiger charge is -2.19. The first-order chi connectivity index (χ1) is 8.81. The second-order valence-electron chi connectivity index (χ2n) is 3.86. The van der Waals surface area contributed by atoms with Crippen LogP contribution in [0.25, 0.3) is 0 Å². The van der Waals surface area contributed by atoms with Crippen molar-refractivity contribution in [2.45, 2.75) is 6.23 Å². The zero-order valence-corrected chi connectivity index (χ0v) is 10.8. The molecule has 0 saturated heterocycles. The van der Waals surface area contributed by atoms with Crippen LogP contribution in [0.5, 0.6) is 5.75 Å². The van der Waals surface area contributed by atoms with E-state index in [1.807, 2.05) is 36.4 Å². The molecule has 5 heteroatoms. The van der Waals surface area contributed by atoms with E-state index < -0.39 is 6.23 Å². The monoisotopic (exact) mass is 309 g/mol. The van der Waals surface area contributed by atoms with Crippen LogP contribution < -0.4 is 9.80 Å². The molecule has 3 nitrogen and oxygen atoms in total. The van der Waals surface area contributed by atoms with E-state index in [2.05, 4.69) is 21.0 Å². The van der Waals surface area contributed by atoms with Crippen LogP contribution >= 0.6 is 15.9 Å². The van der Waals surface area contributed by atoms with Gasteiger partial charge in [-0.25, -0.2) is 0 Å². The molecule has 1 heterocycles. The van der Waals surface area contributed by atoms with Gasteiger partial charge in [0.15, 0.2) is 5.75 Å². The van der Waals surface area contributed by atoms with Gasteiger partial charge in [0.25, 0.3) is 0 Å². The molecule has 0 radical (unpaired) electrons. The Balaban J connectivity index is 2.04. The average Bonchev–Trinajstić information content (AvgIpc) is 2.80. The largest absolute Gasteiger partial charge is 0.460 e. The Kier molecular flexibility index (Phi) is 2.93. The molecule has 0 saturated carbocycles. The Morgan fingerprint density at radius 2 is 1.89 bits per heavy atom. The molecule has 92 valence electrons. The van der Waals surface area contributed by atoms with Gasteiger partial charge in [-0.15, -0.1) is 0 Å². The summed E-state index contributed by atoms with van der Waals surface area (Å²) in [6, 6.07) is 14.7. The van der Waals surface area contributed by atoms with E-state index in [9.17, 15) is 4.53 Å². The van der Waals surface area contributed by atoms with Crippen LogP contribution in [0.2, 0.25) is 0 Å². The van der Waals surface area contributed by atoms with Gasteiger partial charge < -0.3 is 4.74 Å². The topological polar surface area (TPSA) is 21.7 Å². The first-order valence-electron chi connectivity index (χ1n) is 5.39. The number of anilines is 1. The summed E-state index contributed by atoms with van der Waals surface area (Å²) in [7, 11) is 0. The fraction of sp³-hybridized carbons (Fsp3) is 0.0769. The third-order valence-corrected chi connectivity index (χ3v) is 3.41. The highest BCUT2D eigenvalue weighted by molar-refractivity contribution is 9.10. The Hall–Kier alpha value is -1.59. The maximum atomic E-state index is 12.8. The zero-order chi connectivity index (χ0) is 12.5. The molecule has 0 aromatic heterocycles. The smallest absolute Gasteiger partial charge is 0.225 e. The van der Waals surface area contributed by atoms with Crippen molar-refractivity contribution in [2.24, 2.45) is 0 Å². The van der Waals surface area contributed by atoms with Gasteiger partial charge in [0, 0.05) is 5.56 Å². The molecule has 3 rings (SSSR count). The molecule has 1 unspecified atom stereocenters. The summed E-state index contributed by atoms with van der Waals surface area (Å²) in [4.78, 5) is 0. The summed E-state index contributed by atoms with van der Waals surface area (Å²) in [5, 5.41) is 5.05. The molecule has 1 atom stereocenters. The normalized spacial score (nSPS) is 17.4. The van der Waals surface area contributed by atoms with Crippen LogP contribution in [0.1, 0.15) is 11.8 Å². The molecule has 0 fully saturated rings. The van der Waals surface area contributed by atoms with Crippen LogP contribution in [0.15, 0.2) is 53.0 Å². The van der Waals surface area contributed by atoms with Gasteiger partial charge in [0.05, 0.1) is 4.47 Å². The van der Waals surface area contributed by atoms with Gasteiger partial charge in [0.2, 0.25) is 6.23 Å². The predicted octanol–water partition coefficient (Wildman–Crippen LogP) is 4.16. The highest BCUT2D eigenvalue weighted by Gasteiger charge is 2.35. The fourth-order valence-corrected chi connectivity index (χ4v) is 2.42. The summed E-state index contributed by atoms with van der Waals surface area (Å²) in [6.07, 6.45) is -0.620. The summed E-state index contributed by atoms with van der Waals surface area (Å²) in [6.45, 7) is 0. The van der Waals surface area contributed by atoms with Crippen molar-refractivity contribution >= 4 is 21.6 Å². The van der Waals surface area contributed by atoms with Crippen molar-refractivity contribution in [3.63, 3.8) is 0 Å². The minimum Gasteiger partial charge on any atom is -0.460 e. The van der Waals surface area contributed by atoms with E-state index >= 15 is 0 Å². The summed E-state index contributed by atoms with van der Waals surface area (Å²) >= 11 is 3.37. The molecular formula is C13H9BrFNO2. The predicted molar refractivity (Wildman–Crippen MR) is 68.6 cm³/mol. The van der Waals surface area contributed by atoms with Gasteiger partial charge in [-0.05, 0) is 32.6 Å². The number of fused-ring (bicyclic) bond motifs is 1. The number of nitrogens with zero attached hydrogens (tertiary/aromatic N) is 1. The molecule has 0 bridgehead atoms. The maximum Gasteiger partial charge on any atom is 0.225 e. The number of hydrogen-bond donors (Lipinski definition) is 0. The molecule has 0 aliphatic carbocycles. The summed E-state index contributed by atoms with van der Waals surface area (Å²) < 4.78 is 19.3. The van der Waals surface area contributed by atoms with Gasteiger partial charge in [-0.3, -0.25) is 0 Å². The van der Waals surface area contributed by atoms with Crippen molar-refractivity contribution in [3.05, 3.63) is 58.6 Å². The van der Waals surface area contributed by atoms with Crippen LogP contribution in [-0.4, -0.2) is 0 Å². The van der Waals surface area contributed by atoms with Crippen LogP contribution in [0, 0.1) is 0 Å². The molecule has 1 aliphatic heterocycles. The van der Waals surface area contributed by atoms with E-state index in [1.54, 1.807) is 12.1 Å².